The van der Waals surface area contributed by atoms with Gasteiger partial charge in [0.2, 0.25) is 0 Å². The molecule has 0 aromatic heterocycles. The van der Waals surface area contributed by atoms with Gasteiger partial charge in [0.1, 0.15) is 5.75 Å². The molecule has 2 N–H and O–H groups in total. The lowest BCUT2D eigenvalue weighted by Gasteiger charge is -2.09. The van der Waals surface area contributed by atoms with Gasteiger partial charge >= 0.3 is 5.97 Å². The summed E-state index contributed by atoms with van der Waals surface area (Å²) in [4.78, 5) is 35.2. The van der Waals surface area contributed by atoms with Gasteiger partial charge in [-0.05, 0) is 49.4 Å². The van der Waals surface area contributed by atoms with Crippen molar-refractivity contribution >= 4 is 23.5 Å². The molecule has 0 saturated heterocycles. The van der Waals surface area contributed by atoms with Gasteiger partial charge in [0.05, 0.1) is 12.7 Å². The highest BCUT2D eigenvalue weighted by Gasteiger charge is 2.09. The van der Waals surface area contributed by atoms with E-state index in [1.807, 2.05) is 6.92 Å². The summed E-state index contributed by atoms with van der Waals surface area (Å²) in [6.07, 6.45) is 0. The van der Waals surface area contributed by atoms with Crippen LogP contribution in [-0.2, 0) is 9.53 Å². The quantitative estimate of drug-likeness (QED) is 0.742. The van der Waals surface area contributed by atoms with E-state index in [1.54, 1.807) is 48.5 Å². The monoisotopic (exact) mass is 356 g/mol. The first kappa shape index (κ1) is 19.0. The maximum absolute atomic E-state index is 12.0. The Morgan fingerprint density at radius 1 is 1.00 bits per heavy atom. The highest BCUT2D eigenvalue weighted by Crippen LogP contribution is 2.14. The van der Waals surface area contributed by atoms with Crippen LogP contribution >= 0.6 is 0 Å². The van der Waals surface area contributed by atoms with E-state index in [4.69, 9.17) is 4.74 Å². The number of amides is 2. The second kappa shape index (κ2) is 9.22. The van der Waals surface area contributed by atoms with Gasteiger partial charge in [0.25, 0.3) is 11.8 Å². The Hall–Kier alpha value is -3.35. The van der Waals surface area contributed by atoms with Crippen LogP contribution in [-0.4, -0.2) is 38.0 Å². The Morgan fingerprint density at radius 3 is 2.38 bits per heavy atom. The van der Waals surface area contributed by atoms with Gasteiger partial charge < -0.3 is 20.1 Å². The molecule has 0 saturated carbocycles. The second-order valence-electron chi connectivity index (χ2n) is 5.29. The number of benzene rings is 2. The lowest BCUT2D eigenvalue weighted by atomic mass is 10.2. The number of rotatable bonds is 7. The van der Waals surface area contributed by atoms with Gasteiger partial charge in [-0.2, -0.15) is 0 Å². The van der Waals surface area contributed by atoms with Crippen molar-refractivity contribution in [2.75, 3.05) is 25.6 Å². The Balaban J connectivity index is 1.90. The fraction of sp³-hybridized carbons (Fsp3) is 0.211. The van der Waals surface area contributed by atoms with Crippen molar-refractivity contribution < 1.29 is 23.9 Å². The maximum Gasteiger partial charge on any atom is 0.337 e. The molecule has 0 aliphatic rings. The van der Waals surface area contributed by atoms with Crippen molar-refractivity contribution in [3.05, 3.63) is 59.7 Å². The predicted molar refractivity (Wildman–Crippen MR) is 96.4 cm³/mol. The van der Waals surface area contributed by atoms with Crippen LogP contribution in [0.1, 0.15) is 27.6 Å². The number of methoxy groups -OCH3 is 1. The largest absolute Gasteiger partial charge is 0.484 e. The molecule has 0 fully saturated rings. The molecule has 0 aliphatic heterocycles. The third kappa shape index (κ3) is 5.34. The van der Waals surface area contributed by atoms with Crippen LogP contribution in [0.2, 0.25) is 0 Å². The molecule has 136 valence electrons. The average Bonchev–Trinajstić information content (AvgIpc) is 2.66. The van der Waals surface area contributed by atoms with E-state index in [0.29, 0.717) is 29.1 Å². The summed E-state index contributed by atoms with van der Waals surface area (Å²) in [7, 11) is 1.30. The molecule has 26 heavy (non-hydrogen) atoms. The van der Waals surface area contributed by atoms with Crippen LogP contribution in [0, 0.1) is 0 Å². The summed E-state index contributed by atoms with van der Waals surface area (Å²) in [5.41, 5.74) is 1.36. The Morgan fingerprint density at radius 2 is 1.73 bits per heavy atom. The van der Waals surface area contributed by atoms with Crippen molar-refractivity contribution in [1.82, 2.24) is 5.32 Å². The van der Waals surface area contributed by atoms with E-state index in [2.05, 4.69) is 15.4 Å². The lowest BCUT2D eigenvalue weighted by molar-refractivity contribution is -0.118. The van der Waals surface area contributed by atoms with Gasteiger partial charge in [0, 0.05) is 17.8 Å². The molecule has 2 amide bonds. The Labute approximate surface area is 151 Å². The highest BCUT2D eigenvalue weighted by molar-refractivity contribution is 5.97. The van der Waals surface area contributed by atoms with Crippen LogP contribution in [0.4, 0.5) is 5.69 Å². The van der Waals surface area contributed by atoms with Crippen molar-refractivity contribution in [2.24, 2.45) is 0 Å². The number of carbonyl (C=O) groups is 3. The zero-order chi connectivity index (χ0) is 18.9. The molecule has 0 bridgehead atoms. The normalized spacial score (nSPS) is 9.92. The minimum atomic E-state index is -0.443. The van der Waals surface area contributed by atoms with E-state index in [0.717, 1.165) is 0 Å². The number of carbonyl (C=O) groups excluding carboxylic acids is 3. The number of hydrogen-bond donors (Lipinski definition) is 2. The highest BCUT2D eigenvalue weighted by atomic mass is 16.5. The van der Waals surface area contributed by atoms with Gasteiger partial charge in [-0.3, -0.25) is 9.59 Å². The van der Waals surface area contributed by atoms with Crippen LogP contribution in [0.25, 0.3) is 0 Å². The number of ether oxygens (including phenoxy) is 2. The second-order valence-corrected chi connectivity index (χ2v) is 5.29. The fourth-order valence-electron chi connectivity index (χ4n) is 2.15. The fourth-order valence-corrected chi connectivity index (χ4v) is 2.15. The van der Waals surface area contributed by atoms with E-state index in [9.17, 15) is 14.4 Å². The molecule has 0 atom stereocenters. The van der Waals surface area contributed by atoms with E-state index in [-0.39, 0.29) is 18.4 Å². The van der Waals surface area contributed by atoms with Gasteiger partial charge in [-0.25, -0.2) is 4.79 Å². The summed E-state index contributed by atoms with van der Waals surface area (Å²) >= 11 is 0. The van der Waals surface area contributed by atoms with Crippen molar-refractivity contribution in [3.8, 4) is 5.75 Å². The summed E-state index contributed by atoms with van der Waals surface area (Å²) in [6.45, 7) is 2.15. The van der Waals surface area contributed by atoms with Crippen LogP contribution in [0.15, 0.2) is 48.5 Å². The molecule has 0 unspecified atom stereocenters. The van der Waals surface area contributed by atoms with Crippen LogP contribution in [0.3, 0.4) is 0 Å². The molecule has 0 aliphatic carbocycles. The Bertz CT molecular complexity index is 787. The van der Waals surface area contributed by atoms with Gasteiger partial charge in [0.15, 0.2) is 6.61 Å². The molecule has 0 heterocycles. The van der Waals surface area contributed by atoms with Gasteiger partial charge in [-0.1, -0.05) is 6.07 Å². The van der Waals surface area contributed by atoms with Crippen LogP contribution < -0.4 is 15.4 Å². The first-order valence-electron chi connectivity index (χ1n) is 8.02. The number of nitrogens with one attached hydrogen (secondary N) is 2. The SMILES string of the molecule is CCNC(=O)c1cccc(NC(=O)COc2ccc(C(=O)OC)cc2)c1. The third-order valence-electron chi connectivity index (χ3n) is 3.39. The van der Waals surface area contributed by atoms with Crippen molar-refractivity contribution in [1.29, 1.82) is 0 Å². The number of esters is 1. The van der Waals surface area contributed by atoms with Crippen LogP contribution in [0.5, 0.6) is 5.75 Å². The minimum Gasteiger partial charge on any atom is -0.484 e. The smallest absolute Gasteiger partial charge is 0.337 e. The summed E-state index contributed by atoms with van der Waals surface area (Å²) in [5, 5.41) is 5.37. The zero-order valence-corrected chi connectivity index (χ0v) is 14.6. The zero-order valence-electron chi connectivity index (χ0n) is 14.6. The summed E-state index contributed by atoms with van der Waals surface area (Å²) in [6, 6.07) is 12.9. The molecular weight excluding hydrogens is 336 g/mol. The molecule has 0 radical (unpaired) electrons. The maximum atomic E-state index is 12.0. The number of anilines is 1. The van der Waals surface area contributed by atoms with Gasteiger partial charge in [-0.15, -0.1) is 0 Å². The summed E-state index contributed by atoms with van der Waals surface area (Å²) in [5.74, 6) is -0.564. The standard InChI is InChI=1S/C19H20N2O5/c1-3-20-18(23)14-5-4-6-15(11-14)21-17(22)12-26-16-9-7-13(8-10-16)19(24)25-2/h4-11H,3,12H2,1-2H3,(H,20,23)(H,21,22). The topological polar surface area (TPSA) is 93.7 Å². The molecule has 7 heteroatoms. The molecule has 0 spiro atoms. The third-order valence-corrected chi connectivity index (χ3v) is 3.39. The van der Waals surface area contributed by atoms with Crippen molar-refractivity contribution in [3.63, 3.8) is 0 Å². The molecule has 2 aromatic rings. The molecule has 2 aromatic carbocycles. The summed E-state index contributed by atoms with van der Waals surface area (Å²) < 4.78 is 9.99. The first-order chi connectivity index (χ1) is 12.5. The molecule has 2 rings (SSSR count). The molecule has 7 nitrogen and oxygen atoms in total. The van der Waals surface area contributed by atoms with E-state index < -0.39 is 5.97 Å². The van der Waals surface area contributed by atoms with Crippen molar-refractivity contribution in [2.45, 2.75) is 6.92 Å². The average molecular weight is 356 g/mol. The predicted octanol–water partition coefficient (Wildman–Crippen LogP) is 2.24. The minimum absolute atomic E-state index is 0.203. The Kier molecular flexibility index (Phi) is 6.73. The number of hydrogen-bond acceptors (Lipinski definition) is 5. The first-order valence-corrected chi connectivity index (χ1v) is 8.02. The molecular formula is C19H20N2O5. The lowest BCUT2D eigenvalue weighted by Crippen LogP contribution is -2.23. The van der Waals surface area contributed by atoms with E-state index in [1.165, 1.54) is 7.11 Å². The van der Waals surface area contributed by atoms with E-state index >= 15 is 0 Å².